The van der Waals surface area contributed by atoms with Gasteiger partial charge in [-0.1, -0.05) is 6.07 Å². The number of benzene rings is 1. The van der Waals surface area contributed by atoms with Crippen LogP contribution in [0.25, 0.3) is 23.0 Å². The molecule has 138 valence electrons. The quantitative estimate of drug-likeness (QED) is 0.302. The van der Waals surface area contributed by atoms with Crippen LogP contribution in [0.15, 0.2) is 78.2 Å². The summed E-state index contributed by atoms with van der Waals surface area (Å²) in [5.74, 6) is 1.46. The number of aromatic hydroxyl groups is 1. The lowest BCUT2D eigenvalue weighted by Gasteiger charge is -2.04. The Morgan fingerprint density at radius 3 is 2.46 bits per heavy atom. The summed E-state index contributed by atoms with van der Waals surface area (Å²) in [6, 6.07) is 18.6. The Kier molecular flexibility index (Phi) is 4.86. The van der Waals surface area contributed by atoms with Gasteiger partial charge in [0.2, 0.25) is 11.6 Å². The molecule has 0 spiro atoms. The number of phenols is 1. The lowest BCUT2D eigenvalue weighted by molar-refractivity contribution is -0.670. The van der Waals surface area contributed by atoms with Crippen LogP contribution in [0.2, 0.25) is 0 Å². The highest BCUT2D eigenvalue weighted by atomic mass is 127. The van der Waals surface area contributed by atoms with Gasteiger partial charge in [-0.3, -0.25) is 4.98 Å². The van der Waals surface area contributed by atoms with Gasteiger partial charge in [-0.25, -0.2) is 0 Å². The molecule has 0 bridgehead atoms. The van der Waals surface area contributed by atoms with Gasteiger partial charge >= 0.3 is 0 Å². The number of halogens is 1. The minimum absolute atomic E-state index is 0. The molecule has 0 unspecified atom stereocenters. The molecule has 8 heteroatoms. The highest BCUT2D eigenvalue weighted by Gasteiger charge is 2.28. The second-order valence-electron chi connectivity index (χ2n) is 6.18. The van der Waals surface area contributed by atoms with E-state index in [1.165, 1.54) is 0 Å². The minimum atomic E-state index is 0. The summed E-state index contributed by atoms with van der Waals surface area (Å²) >= 11 is 0. The number of rotatable bonds is 2. The van der Waals surface area contributed by atoms with Gasteiger partial charge < -0.3 is 29.1 Å². The van der Waals surface area contributed by atoms with Crippen LogP contribution in [0.5, 0.6) is 5.75 Å². The van der Waals surface area contributed by atoms with E-state index >= 15 is 0 Å². The Labute approximate surface area is 178 Å². The highest BCUT2D eigenvalue weighted by Crippen LogP contribution is 2.24. The molecule has 1 aromatic carbocycles. The summed E-state index contributed by atoms with van der Waals surface area (Å²) in [5.41, 5.74) is 3.38. The molecular formula is C20H15IN6O. The van der Waals surface area contributed by atoms with E-state index in [4.69, 9.17) is 5.10 Å². The molecule has 4 aromatic rings. The van der Waals surface area contributed by atoms with Crippen molar-refractivity contribution in [1.82, 2.24) is 19.9 Å². The van der Waals surface area contributed by atoms with Gasteiger partial charge in [-0.15, -0.1) is 10.2 Å². The first-order valence-electron chi connectivity index (χ1n) is 8.52. The van der Waals surface area contributed by atoms with E-state index in [1.807, 2.05) is 54.7 Å². The standard InChI is InChI=1S/C20H14N6O.HI/c27-15-9-7-14(8-10-15)17-13-25-12-4-2-6-18(25)20-23-22-19(26(20)24-17)16-5-1-3-11-21-16;/h1-12H,13H2;1H. The summed E-state index contributed by atoms with van der Waals surface area (Å²) < 4.78 is 3.82. The van der Waals surface area contributed by atoms with Crippen LogP contribution >= 0.6 is 0 Å². The topological polar surface area (TPSA) is 80.1 Å². The summed E-state index contributed by atoms with van der Waals surface area (Å²) in [7, 11) is 0. The number of hydrogen-bond donors (Lipinski definition) is 1. The molecule has 1 aliphatic rings. The van der Waals surface area contributed by atoms with Gasteiger partial charge in [-0.2, -0.15) is 14.3 Å². The molecule has 3 aromatic heterocycles. The SMILES string of the molecule is Oc1ccc(C2=Nn3c(-c4ccccn4)nnc3-c3cccc[n+]3C2)cc1.[I-]. The van der Waals surface area contributed by atoms with Gasteiger partial charge in [0.25, 0.3) is 5.69 Å². The Morgan fingerprint density at radius 1 is 0.893 bits per heavy atom. The predicted octanol–water partition coefficient (Wildman–Crippen LogP) is -0.730. The Bertz CT molecular complexity index is 1160. The number of aromatic nitrogens is 5. The zero-order valence-electron chi connectivity index (χ0n) is 14.6. The van der Waals surface area contributed by atoms with Crippen LogP contribution < -0.4 is 28.5 Å². The number of nitrogens with zero attached hydrogens (tertiary/aromatic N) is 6. The summed E-state index contributed by atoms with van der Waals surface area (Å²) in [6.07, 6.45) is 3.72. The van der Waals surface area contributed by atoms with E-state index in [1.54, 1.807) is 23.0 Å². The molecule has 0 aliphatic carbocycles. The molecule has 7 nitrogen and oxygen atoms in total. The van der Waals surface area contributed by atoms with Gasteiger partial charge in [0.15, 0.2) is 12.7 Å². The Hall–Kier alpha value is -3.14. The number of hydrogen-bond acceptors (Lipinski definition) is 5. The van der Waals surface area contributed by atoms with Gasteiger partial charge in [0.05, 0.1) is 0 Å². The fourth-order valence-electron chi connectivity index (χ4n) is 3.12. The molecule has 0 saturated carbocycles. The maximum absolute atomic E-state index is 9.61. The number of phenolic OH excluding ortho intramolecular Hbond substituents is 1. The number of pyridine rings is 2. The molecule has 4 heterocycles. The molecule has 1 aliphatic heterocycles. The first-order valence-corrected chi connectivity index (χ1v) is 8.52. The van der Waals surface area contributed by atoms with Crippen molar-refractivity contribution in [2.75, 3.05) is 0 Å². The predicted molar refractivity (Wildman–Crippen MR) is 98.9 cm³/mol. The molecule has 28 heavy (non-hydrogen) atoms. The number of fused-ring (bicyclic) bond motifs is 3. The van der Waals surface area contributed by atoms with E-state index in [0.717, 1.165) is 17.0 Å². The second kappa shape index (κ2) is 7.47. The average molecular weight is 482 g/mol. The van der Waals surface area contributed by atoms with Crippen molar-refractivity contribution in [3.05, 3.63) is 78.6 Å². The Morgan fingerprint density at radius 2 is 1.68 bits per heavy atom. The van der Waals surface area contributed by atoms with Crippen LogP contribution in [0.1, 0.15) is 5.56 Å². The zero-order valence-corrected chi connectivity index (χ0v) is 16.8. The third-order valence-corrected chi connectivity index (χ3v) is 4.45. The zero-order chi connectivity index (χ0) is 18.2. The third-order valence-electron chi connectivity index (χ3n) is 4.45. The summed E-state index contributed by atoms with van der Waals surface area (Å²) in [5, 5.41) is 23.2. The Balaban J connectivity index is 0.00000192. The van der Waals surface area contributed by atoms with Gasteiger partial charge in [0.1, 0.15) is 17.2 Å². The minimum Gasteiger partial charge on any atom is -1.00 e. The van der Waals surface area contributed by atoms with E-state index in [0.29, 0.717) is 23.9 Å². The molecule has 0 radical (unpaired) electrons. The molecule has 5 rings (SSSR count). The van der Waals surface area contributed by atoms with Crippen molar-refractivity contribution in [2.24, 2.45) is 5.10 Å². The maximum atomic E-state index is 9.61. The van der Waals surface area contributed by atoms with Crippen molar-refractivity contribution >= 4 is 5.71 Å². The fourth-order valence-corrected chi connectivity index (χ4v) is 3.12. The first kappa shape index (κ1) is 18.2. The van der Waals surface area contributed by atoms with E-state index in [9.17, 15) is 5.11 Å². The van der Waals surface area contributed by atoms with Crippen molar-refractivity contribution in [1.29, 1.82) is 0 Å². The van der Waals surface area contributed by atoms with Crippen molar-refractivity contribution in [2.45, 2.75) is 6.54 Å². The largest absolute Gasteiger partial charge is 1.00 e. The van der Waals surface area contributed by atoms with Gasteiger partial charge in [0, 0.05) is 23.9 Å². The highest BCUT2D eigenvalue weighted by molar-refractivity contribution is 6.00. The first-order chi connectivity index (χ1) is 13.3. The molecule has 1 N–H and O–H groups in total. The molecule has 0 saturated heterocycles. The molecule has 0 atom stereocenters. The summed E-state index contributed by atoms with van der Waals surface area (Å²) in [6.45, 7) is 0.575. The fraction of sp³-hybridized carbons (Fsp3) is 0.0500. The lowest BCUT2D eigenvalue weighted by atomic mass is 10.1. The molecule has 0 amide bonds. The van der Waals surface area contributed by atoms with Crippen molar-refractivity contribution < 1.29 is 33.7 Å². The monoisotopic (exact) mass is 482 g/mol. The van der Waals surface area contributed by atoms with Crippen molar-refractivity contribution in [3.63, 3.8) is 0 Å². The lowest BCUT2D eigenvalue weighted by Crippen LogP contribution is -3.00. The van der Waals surface area contributed by atoms with Crippen LogP contribution in [0.4, 0.5) is 0 Å². The average Bonchev–Trinajstić information content (AvgIpc) is 3.05. The third kappa shape index (κ3) is 3.15. The van der Waals surface area contributed by atoms with Crippen LogP contribution in [0.3, 0.4) is 0 Å². The molecule has 0 fully saturated rings. The van der Waals surface area contributed by atoms with Crippen LogP contribution in [-0.4, -0.2) is 30.7 Å². The molecular weight excluding hydrogens is 467 g/mol. The van der Waals surface area contributed by atoms with Crippen LogP contribution in [0, 0.1) is 0 Å². The maximum Gasteiger partial charge on any atom is 0.252 e. The van der Waals surface area contributed by atoms with Crippen LogP contribution in [-0.2, 0) is 6.54 Å². The van der Waals surface area contributed by atoms with Crippen molar-refractivity contribution in [3.8, 4) is 28.8 Å². The summed E-state index contributed by atoms with van der Waals surface area (Å²) in [4.78, 5) is 4.39. The van der Waals surface area contributed by atoms with E-state index in [2.05, 4.69) is 19.7 Å². The van der Waals surface area contributed by atoms with E-state index in [-0.39, 0.29) is 29.7 Å². The van der Waals surface area contributed by atoms with Gasteiger partial charge in [-0.05, 0) is 42.5 Å². The normalized spacial score (nSPS) is 12.2. The smallest absolute Gasteiger partial charge is 0.252 e. The van der Waals surface area contributed by atoms with E-state index < -0.39 is 0 Å². The second-order valence-corrected chi connectivity index (χ2v) is 6.18.